The molecule has 2 heterocycles. The predicted molar refractivity (Wildman–Crippen MR) is 79.7 cm³/mol. The zero-order valence-electron chi connectivity index (χ0n) is 12.2. The van der Waals surface area contributed by atoms with Crippen LogP contribution >= 0.6 is 0 Å². The van der Waals surface area contributed by atoms with E-state index in [2.05, 4.69) is 9.97 Å². The summed E-state index contributed by atoms with van der Waals surface area (Å²) in [7, 11) is 1.86. The van der Waals surface area contributed by atoms with Crippen molar-refractivity contribution in [3.63, 3.8) is 0 Å². The fourth-order valence-electron chi connectivity index (χ4n) is 2.30. The van der Waals surface area contributed by atoms with Gasteiger partial charge in [-0.2, -0.15) is 0 Å². The molecule has 0 unspecified atom stereocenters. The predicted octanol–water partition coefficient (Wildman–Crippen LogP) is 3.56. The highest BCUT2D eigenvalue weighted by Gasteiger charge is 2.12. The molecule has 108 valence electrons. The number of fused-ring (bicyclic) bond motifs is 1. The molecule has 0 spiro atoms. The maximum atomic E-state index is 13.4. The van der Waals surface area contributed by atoms with Gasteiger partial charge in [0.1, 0.15) is 17.4 Å². The van der Waals surface area contributed by atoms with Gasteiger partial charge in [-0.25, -0.2) is 9.37 Å². The Hall–Kier alpha value is -2.43. The van der Waals surface area contributed by atoms with Gasteiger partial charge in [0.15, 0.2) is 0 Å². The Balaban J connectivity index is 2.10. The smallest absolute Gasteiger partial charge is 0.142 e. The number of halogens is 1. The molecular weight excluding hydrogens is 269 g/mol. The molecule has 0 N–H and O–H groups in total. The molecule has 5 heteroatoms. The third-order valence-corrected chi connectivity index (χ3v) is 3.19. The average Bonchev–Trinajstić information content (AvgIpc) is 2.76. The third-order valence-electron chi connectivity index (χ3n) is 3.19. The summed E-state index contributed by atoms with van der Waals surface area (Å²) in [6.45, 7) is 3.93. The second kappa shape index (κ2) is 5.16. The normalized spacial score (nSPS) is 11.3. The van der Waals surface area contributed by atoms with E-state index >= 15 is 0 Å². The van der Waals surface area contributed by atoms with E-state index in [1.54, 1.807) is 18.5 Å². The highest BCUT2D eigenvalue weighted by Crippen LogP contribution is 2.26. The van der Waals surface area contributed by atoms with E-state index in [1.165, 1.54) is 12.1 Å². The van der Waals surface area contributed by atoms with Crippen LogP contribution in [0.2, 0.25) is 0 Å². The summed E-state index contributed by atoms with van der Waals surface area (Å²) in [4.78, 5) is 8.74. The van der Waals surface area contributed by atoms with E-state index in [0.717, 1.165) is 22.4 Å². The summed E-state index contributed by atoms with van der Waals surface area (Å²) in [5.41, 5.74) is 2.34. The summed E-state index contributed by atoms with van der Waals surface area (Å²) in [5.74, 6) is 1.16. The molecule has 1 aromatic carbocycles. The lowest BCUT2D eigenvalue weighted by Crippen LogP contribution is -2.06. The highest BCUT2D eigenvalue weighted by atomic mass is 19.1. The number of nitrogens with zero attached hydrogens (tertiary/aromatic N) is 3. The molecule has 4 nitrogen and oxygen atoms in total. The number of rotatable bonds is 3. The first kappa shape index (κ1) is 13.5. The molecule has 0 amide bonds. The largest absolute Gasteiger partial charge is 0.489 e. The van der Waals surface area contributed by atoms with Crippen molar-refractivity contribution in [2.24, 2.45) is 7.05 Å². The van der Waals surface area contributed by atoms with Crippen molar-refractivity contribution < 1.29 is 9.13 Å². The number of aryl methyl sites for hydroxylation is 1. The standard InChI is InChI=1S/C16H16FN3O/c1-10(2)21-13-6-11(8-18-9-13)16-19-14-5-4-12(17)7-15(14)20(16)3/h4-10H,1-3H3. The molecule has 2 aromatic heterocycles. The Labute approximate surface area is 122 Å². The molecule has 21 heavy (non-hydrogen) atoms. The van der Waals surface area contributed by atoms with E-state index in [1.807, 2.05) is 31.5 Å². The molecule has 0 atom stereocenters. The molecule has 0 aliphatic rings. The van der Waals surface area contributed by atoms with E-state index in [9.17, 15) is 4.39 Å². The van der Waals surface area contributed by atoms with Crippen molar-refractivity contribution in [1.29, 1.82) is 0 Å². The molecular formula is C16H16FN3O. The number of imidazole rings is 1. The van der Waals surface area contributed by atoms with Crippen LogP contribution in [-0.2, 0) is 7.05 Å². The molecule has 0 radical (unpaired) electrons. The van der Waals surface area contributed by atoms with Crippen LogP contribution in [0.4, 0.5) is 4.39 Å². The quantitative estimate of drug-likeness (QED) is 0.738. The van der Waals surface area contributed by atoms with E-state index in [4.69, 9.17) is 4.74 Å². The van der Waals surface area contributed by atoms with Gasteiger partial charge in [0.05, 0.1) is 23.3 Å². The lowest BCUT2D eigenvalue weighted by molar-refractivity contribution is 0.241. The number of ether oxygens (including phenoxy) is 1. The summed E-state index contributed by atoms with van der Waals surface area (Å²) >= 11 is 0. The van der Waals surface area contributed by atoms with Crippen molar-refractivity contribution in [2.75, 3.05) is 0 Å². The third kappa shape index (κ3) is 2.59. The van der Waals surface area contributed by atoms with E-state index in [0.29, 0.717) is 5.75 Å². The maximum Gasteiger partial charge on any atom is 0.142 e. The van der Waals surface area contributed by atoms with Crippen LogP contribution in [-0.4, -0.2) is 20.6 Å². The fraction of sp³-hybridized carbons (Fsp3) is 0.250. The maximum absolute atomic E-state index is 13.4. The first-order chi connectivity index (χ1) is 10.0. The molecule has 0 aliphatic heterocycles. The molecule has 3 rings (SSSR count). The topological polar surface area (TPSA) is 39.9 Å². The van der Waals surface area contributed by atoms with E-state index < -0.39 is 0 Å². The highest BCUT2D eigenvalue weighted by molar-refractivity contribution is 5.80. The van der Waals surface area contributed by atoms with Crippen LogP contribution in [0.25, 0.3) is 22.4 Å². The Morgan fingerprint density at radius 2 is 2.00 bits per heavy atom. The number of hydrogen-bond acceptors (Lipinski definition) is 3. The molecule has 0 aliphatic carbocycles. The molecule has 0 fully saturated rings. The van der Waals surface area contributed by atoms with Crippen molar-refractivity contribution in [3.8, 4) is 17.1 Å². The Kier molecular flexibility index (Phi) is 3.33. The Bertz CT molecular complexity index is 795. The molecule has 0 saturated carbocycles. The van der Waals surface area contributed by atoms with Crippen molar-refractivity contribution in [1.82, 2.24) is 14.5 Å². The summed E-state index contributed by atoms with van der Waals surface area (Å²) in [6, 6.07) is 6.46. The van der Waals surface area contributed by atoms with E-state index in [-0.39, 0.29) is 11.9 Å². The van der Waals surface area contributed by atoms with Crippen LogP contribution in [0.3, 0.4) is 0 Å². The van der Waals surface area contributed by atoms with Gasteiger partial charge < -0.3 is 9.30 Å². The summed E-state index contributed by atoms with van der Waals surface area (Å²) in [6.07, 6.45) is 3.48. The van der Waals surface area contributed by atoms with Crippen LogP contribution in [0.1, 0.15) is 13.8 Å². The first-order valence-corrected chi connectivity index (χ1v) is 6.78. The summed E-state index contributed by atoms with van der Waals surface area (Å²) < 4.78 is 20.9. The van der Waals surface area contributed by atoms with Crippen molar-refractivity contribution >= 4 is 11.0 Å². The zero-order chi connectivity index (χ0) is 15.0. The Morgan fingerprint density at radius 1 is 1.19 bits per heavy atom. The monoisotopic (exact) mass is 285 g/mol. The number of benzene rings is 1. The van der Waals surface area contributed by atoms with Crippen molar-refractivity contribution in [3.05, 3.63) is 42.5 Å². The van der Waals surface area contributed by atoms with Gasteiger partial charge in [-0.05, 0) is 38.1 Å². The number of pyridine rings is 1. The Morgan fingerprint density at radius 3 is 2.76 bits per heavy atom. The van der Waals surface area contributed by atoms with Gasteiger partial charge in [0.2, 0.25) is 0 Å². The molecule has 0 bridgehead atoms. The molecule has 0 saturated heterocycles. The molecule has 3 aromatic rings. The average molecular weight is 285 g/mol. The van der Waals surface area contributed by atoms with Crippen molar-refractivity contribution in [2.45, 2.75) is 20.0 Å². The van der Waals surface area contributed by atoms with Gasteiger partial charge >= 0.3 is 0 Å². The number of hydrogen-bond donors (Lipinski definition) is 0. The lowest BCUT2D eigenvalue weighted by Gasteiger charge is -2.10. The fourth-order valence-corrected chi connectivity index (χ4v) is 2.30. The van der Waals surface area contributed by atoms with Crippen LogP contribution in [0.5, 0.6) is 5.75 Å². The number of aromatic nitrogens is 3. The van der Waals surface area contributed by atoms with Crippen LogP contribution in [0, 0.1) is 5.82 Å². The van der Waals surface area contributed by atoms with Gasteiger partial charge in [-0.1, -0.05) is 0 Å². The van der Waals surface area contributed by atoms with Crippen LogP contribution in [0.15, 0.2) is 36.7 Å². The van der Waals surface area contributed by atoms with Gasteiger partial charge in [0, 0.05) is 18.8 Å². The van der Waals surface area contributed by atoms with Gasteiger partial charge in [0.25, 0.3) is 0 Å². The minimum absolute atomic E-state index is 0.0802. The second-order valence-corrected chi connectivity index (χ2v) is 5.20. The van der Waals surface area contributed by atoms with Gasteiger partial charge in [-0.15, -0.1) is 0 Å². The van der Waals surface area contributed by atoms with Gasteiger partial charge in [-0.3, -0.25) is 4.98 Å². The zero-order valence-corrected chi connectivity index (χ0v) is 12.2. The summed E-state index contributed by atoms with van der Waals surface area (Å²) in [5, 5.41) is 0. The minimum Gasteiger partial charge on any atom is -0.489 e. The second-order valence-electron chi connectivity index (χ2n) is 5.20. The minimum atomic E-state index is -0.271. The first-order valence-electron chi connectivity index (χ1n) is 6.78. The SMILES string of the molecule is CC(C)Oc1cncc(-c2nc3ccc(F)cc3n2C)c1. The van der Waals surface area contributed by atoms with Crippen LogP contribution < -0.4 is 4.74 Å². The lowest BCUT2D eigenvalue weighted by atomic mass is 10.2.